The number of nitrogens with one attached hydrogen (secondary N) is 3. The molecule has 0 heterocycles. The van der Waals surface area contributed by atoms with Crippen molar-refractivity contribution in [2.45, 2.75) is 32.1 Å². The zero-order chi connectivity index (χ0) is 31.7. The zero-order valence-corrected chi connectivity index (χ0v) is 23.4. The van der Waals surface area contributed by atoms with Crippen molar-refractivity contribution in [1.82, 2.24) is 16.0 Å². The highest BCUT2D eigenvalue weighted by Gasteiger charge is 2.24. The van der Waals surface area contributed by atoms with Gasteiger partial charge in [0.25, 0.3) is 5.69 Å². The van der Waals surface area contributed by atoms with E-state index in [4.69, 9.17) is 14.2 Å². The molecule has 0 aliphatic carbocycles. The van der Waals surface area contributed by atoms with Gasteiger partial charge in [0.2, 0.25) is 11.8 Å². The van der Waals surface area contributed by atoms with Crippen LogP contribution in [0, 0.1) is 10.1 Å². The van der Waals surface area contributed by atoms with E-state index in [9.17, 15) is 34.1 Å². The Hall–Kier alpha value is -5.79. The van der Waals surface area contributed by atoms with Gasteiger partial charge in [0.1, 0.15) is 31.5 Å². The van der Waals surface area contributed by atoms with Crippen molar-refractivity contribution in [2.75, 3.05) is 13.1 Å². The van der Waals surface area contributed by atoms with E-state index in [1.54, 1.807) is 54.6 Å². The molecule has 44 heavy (non-hydrogen) atoms. The van der Waals surface area contributed by atoms with Crippen LogP contribution in [-0.4, -0.2) is 53.9 Å². The van der Waals surface area contributed by atoms with E-state index in [2.05, 4.69) is 16.0 Å². The molecule has 3 aromatic rings. The van der Waals surface area contributed by atoms with Crippen molar-refractivity contribution in [3.8, 4) is 5.75 Å². The third-order valence-electron chi connectivity index (χ3n) is 5.83. The summed E-state index contributed by atoms with van der Waals surface area (Å²) in [5.74, 6) is -2.94. The van der Waals surface area contributed by atoms with E-state index in [1.165, 1.54) is 12.1 Å². The summed E-state index contributed by atoms with van der Waals surface area (Å²) in [6.45, 7) is -1.12. The fourth-order valence-electron chi connectivity index (χ4n) is 3.58. The average Bonchev–Trinajstić information content (AvgIpc) is 3.03. The summed E-state index contributed by atoms with van der Waals surface area (Å²) in [6.07, 6.45) is -1.28. The van der Waals surface area contributed by atoms with Crippen LogP contribution in [0.25, 0.3) is 0 Å². The van der Waals surface area contributed by atoms with Gasteiger partial charge in [-0.15, -0.1) is 0 Å². The van der Waals surface area contributed by atoms with Gasteiger partial charge in [-0.05, 0) is 29.7 Å². The molecule has 0 aromatic heterocycles. The Morgan fingerprint density at radius 2 is 1.32 bits per heavy atom. The molecule has 0 spiro atoms. The van der Waals surface area contributed by atoms with E-state index >= 15 is 0 Å². The zero-order valence-electron chi connectivity index (χ0n) is 23.4. The molecule has 0 saturated carbocycles. The summed E-state index contributed by atoms with van der Waals surface area (Å²) in [5.41, 5.74) is 1.31. The maximum Gasteiger partial charge on any atom is 0.408 e. The van der Waals surface area contributed by atoms with Crippen LogP contribution in [0.4, 0.5) is 10.5 Å². The SMILES string of the molecule is O=C(CNC(=O)[C@H](CCC(=O)OCc1ccccc1)NC(=O)OCc1ccccc1)NCC(=O)Oc1ccc([N+](=O)[O-])cc1. The fourth-order valence-corrected chi connectivity index (χ4v) is 3.58. The summed E-state index contributed by atoms with van der Waals surface area (Å²) in [4.78, 5) is 71.9. The van der Waals surface area contributed by atoms with Crippen molar-refractivity contribution in [3.05, 3.63) is 106 Å². The Labute approximate surface area is 251 Å². The van der Waals surface area contributed by atoms with Gasteiger partial charge in [0.05, 0.1) is 11.5 Å². The summed E-state index contributed by atoms with van der Waals surface area (Å²) in [7, 11) is 0. The third-order valence-corrected chi connectivity index (χ3v) is 5.83. The number of hydrogen-bond donors (Lipinski definition) is 3. The minimum atomic E-state index is -1.25. The lowest BCUT2D eigenvalue weighted by Gasteiger charge is -2.18. The van der Waals surface area contributed by atoms with Crippen LogP contribution >= 0.6 is 0 Å². The Balaban J connectivity index is 1.47. The van der Waals surface area contributed by atoms with Crippen LogP contribution in [0.5, 0.6) is 5.75 Å². The quantitative estimate of drug-likeness (QED) is 0.100. The highest BCUT2D eigenvalue weighted by Crippen LogP contribution is 2.17. The first-order valence-corrected chi connectivity index (χ1v) is 13.4. The molecule has 230 valence electrons. The number of non-ortho nitro benzene ring substituents is 1. The minimum Gasteiger partial charge on any atom is -0.461 e. The molecule has 0 bridgehead atoms. The van der Waals surface area contributed by atoms with Crippen molar-refractivity contribution in [2.24, 2.45) is 0 Å². The van der Waals surface area contributed by atoms with Crippen molar-refractivity contribution in [1.29, 1.82) is 0 Å². The number of amides is 3. The van der Waals surface area contributed by atoms with Crippen LogP contribution in [0.15, 0.2) is 84.9 Å². The number of hydrogen-bond acceptors (Lipinski definition) is 10. The molecule has 0 radical (unpaired) electrons. The maximum atomic E-state index is 12.9. The number of esters is 2. The minimum absolute atomic E-state index is 0.0376. The lowest BCUT2D eigenvalue weighted by atomic mass is 10.1. The van der Waals surface area contributed by atoms with Crippen molar-refractivity contribution < 1.29 is 43.1 Å². The topological polar surface area (TPSA) is 192 Å². The van der Waals surface area contributed by atoms with Gasteiger partial charge in [-0.25, -0.2) is 9.59 Å². The number of alkyl carbamates (subject to hydrolysis) is 1. The highest BCUT2D eigenvalue weighted by molar-refractivity contribution is 5.90. The van der Waals surface area contributed by atoms with E-state index in [0.717, 1.165) is 23.3 Å². The van der Waals surface area contributed by atoms with Gasteiger partial charge >= 0.3 is 18.0 Å². The van der Waals surface area contributed by atoms with E-state index < -0.39 is 53.9 Å². The highest BCUT2D eigenvalue weighted by atomic mass is 16.6. The second kappa shape index (κ2) is 17.2. The molecule has 3 rings (SSSR count). The predicted molar refractivity (Wildman–Crippen MR) is 154 cm³/mol. The van der Waals surface area contributed by atoms with Crippen LogP contribution in [0.2, 0.25) is 0 Å². The van der Waals surface area contributed by atoms with Crippen molar-refractivity contribution >= 4 is 35.5 Å². The smallest absolute Gasteiger partial charge is 0.408 e. The number of rotatable bonds is 15. The number of ether oxygens (including phenoxy) is 3. The van der Waals surface area contributed by atoms with Crippen LogP contribution in [0.3, 0.4) is 0 Å². The Kier molecular flexibility index (Phi) is 12.8. The Bertz CT molecular complexity index is 1430. The first kappa shape index (κ1) is 32.7. The standard InChI is InChI=1S/C30H30N4O10/c35-26(31-18-28(37)44-24-13-11-23(12-14-24)34(40)41)17-32-29(38)25(33-30(39)43-20-22-9-5-2-6-10-22)15-16-27(36)42-19-21-7-3-1-4-8-21/h1-14,25H,15-20H2,(H,31,35)(H,32,38)(H,33,39)/t25-/m0/s1. The molecule has 3 aromatic carbocycles. The molecule has 0 aliphatic rings. The Morgan fingerprint density at radius 3 is 1.91 bits per heavy atom. The van der Waals surface area contributed by atoms with Gasteiger partial charge < -0.3 is 30.2 Å². The summed E-state index contributed by atoms with van der Waals surface area (Å²) >= 11 is 0. The lowest BCUT2D eigenvalue weighted by Crippen LogP contribution is -2.49. The number of carbonyl (C=O) groups excluding carboxylic acids is 5. The van der Waals surface area contributed by atoms with Crippen LogP contribution in [0.1, 0.15) is 24.0 Å². The molecular weight excluding hydrogens is 576 g/mol. The van der Waals surface area contributed by atoms with Gasteiger partial charge in [0, 0.05) is 18.6 Å². The molecule has 3 N–H and O–H groups in total. The molecule has 14 heteroatoms. The first-order chi connectivity index (χ1) is 21.2. The summed E-state index contributed by atoms with van der Waals surface area (Å²) in [5, 5.41) is 17.7. The first-order valence-electron chi connectivity index (χ1n) is 13.4. The number of benzene rings is 3. The van der Waals surface area contributed by atoms with Crippen LogP contribution in [-0.2, 0) is 41.9 Å². The number of nitrogens with zero attached hydrogens (tertiary/aromatic N) is 1. The normalized spacial score (nSPS) is 10.9. The van der Waals surface area contributed by atoms with E-state index in [0.29, 0.717) is 0 Å². The van der Waals surface area contributed by atoms with Gasteiger partial charge in [-0.2, -0.15) is 0 Å². The van der Waals surface area contributed by atoms with E-state index in [1.807, 2.05) is 6.07 Å². The Morgan fingerprint density at radius 1 is 0.727 bits per heavy atom. The molecule has 0 saturated heterocycles. The molecular formula is C30H30N4O10. The second-order valence-corrected chi connectivity index (χ2v) is 9.16. The molecule has 0 fully saturated rings. The molecule has 1 atom stereocenters. The van der Waals surface area contributed by atoms with Crippen molar-refractivity contribution in [3.63, 3.8) is 0 Å². The largest absolute Gasteiger partial charge is 0.461 e. The lowest BCUT2D eigenvalue weighted by molar-refractivity contribution is -0.384. The molecule has 0 unspecified atom stereocenters. The van der Waals surface area contributed by atoms with Crippen LogP contribution < -0.4 is 20.7 Å². The van der Waals surface area contributed by atoms with Gasteiger partial charge in [-0.1, -0.05) is 60.7 Å². The summed E-state index contributed by atoms with van der Waals surface area (Å²) in [6, 6.07) is 21.4. The predicted octanol–water partition coefficient (Wildman–Crippen LogP) is 2.55. The van der Waals surface area contributed by atoms with Gasteiger partial charge in [-0.3, -0.25) is 24.5 Å². The third kappa shape index (κ3) is 12.0. The monoisotopic (exact) mass is 606 g/mol. The number of nitro benzene ring substituents is 1. The van der Waals surface area contributed by atoms with E-state index in [-0.39, 0.29) is 37.5 Å². The molecule has 0 aliphatic heterocycles. The van der Waals surface area contributed by atoms with Gasteiger partial charge in [0.15, 0.2) is 0 Å². The maximum absolute atomic E-state index is 12.9. The average molecular weight is 607 g/mol. The number of nitro groups is 1. The molecule has 3 amide bonds. The summed E-state index contributed by atoms with van der Waals surface area (Å²) < 4.78 is 15.4. The second-order valence-electron chi connectivity index (χ2n) is 9.16. The fraction of sp³-hybridized carbons (Fsp3) is 0.233. The number of carbonyl (C=O) groups is 5. The molecule has 14 nitrogen and oxygen atoms in total.